The molecule has 0 aliphatic carbocycles. The highest BCUT2D eigenvalue weighted by molar-refractivity contribution is 5.89. The number of amides is 2. The third-order valence-corrected chi connectivity index (χ3v) is 6.53. The Morgan fingerprint density at radius 3 is 2.41 bits per heavy atom. The summed E-state index contributed by atoms with van der Waals surface area (Å²) in [6.45, 7) is 4.85. The number of para-hydroxylation sites is 1. The molecule has 0 aliphatic rings. The van der Waals surface area contributed by atoms with E-state index < -0.39 is 6.04 Å². The predicted molar refractivity (Wildman–Crippen MR) is 149 cm³/mol. The Labute approximate surface area is 228 Å². The van der Waals surface area contributed by atoms with E-state index in [0.29, 0.717) is 35.0 Å². The van der Waals surface area contributed by atoms with Crippen molar-refractivity contribution in [1.29, 1.82) is 0 Å². The molecule has 9 nitrogen and oxygen atoms in total. The highest BCUT2D eigenvalue weighted by Gasteiger charge is 2.32. The lowest BCUT2D eigenvalue weighted by atomic mass is 10.0. The fourth-order valence-electron chi connectivity index (χ4n) is 4.37. The molecule has 4 rings (SSSR count). The van der Waals surface area contributed by atoms with E-state index in [0.717, 1.165) is 17.5 Å². The Kier molecular flexibility index (Phi) is 9.14. The van der Waals surface area contributed by atoms with Gasteiger partial charge in [0.2, 0.25) is 11.8 Å². The molecule has 0 aliphatic heterocycles. The molecule has 0 unspecified atom stereocenters. The molecule has 0 saturated heterocycles. The topological polar surface area (TPSA) is 98.6 Å². The fraction of sp³-hybridized carbons (Fsp3) is 0.333. The minimum atomic E-state index is -0.892. The Bertz CT molecular complexity index is 1400. The van der Waals surface area contributed by atoms with Gasteiger partial charge >= 0.3 is 0 Å². The van der Waals surface area contributed by atoms with E-state index in [1.807, 2.05) is 66.7 Å². The molecule has 1 heterocycles. The van der Waals surface area contributed by atoms with Crippen molar-refractivity contribution >= 4 is 22.8 Å². The van der Waals surface area contributed by atoms with E-state index in [1.54, 1.807) is 29.9 Å². The van der Waals surface area contributed by atoms with Crippen LogP contribution in [0.4, 0.5) is 0 Å². The quantitative estimate of drug-likeness (QED) is 0.292. The van der Waals surface area contributed by atoms with Gasteiger partial charge in [-0.05, 0) is 59.9 Å². The third kappa shape index (κ3) is 6.93. The number of fused-ring (bicyclic) bond motifs is 1. The maximum atomic E-state index is 14.0. The summed E-state index contributed by atoms with van der Waals surface area (Å²) >= 11 is 0. The molecule has 2 amide bonds. The molecule has 3 aromatic carbocycles. The molecule has 0 bridgehead atoms. The van der Waals surface area contributed by atoms with Gasteiger partial charge in [-0.15, -0.1) is 5.10 Å². The van der Waals surface area contributed by atoms with Crippen molar-refractivity contribution in [3.8, 4) is 11.5 Å². The van der Waals surface area contributed by atoms with E-state index in [-0.39, 0.29) is 24.9 Å². The largest absolute Gasteiger partial charge is 0.497 e. The molecule has 204 valence electrons. The first-order valence-electron chi connectivity index (χ1n) is 13.0. The lowest BCUT2D eigenvalue weighted by Crippen LogP contribution is -2.45. The molecule has 1 aromatic heterocycles. The smallest absolute Gasteiger partial charge is 0.247 e. The van der Waals surface area contributed by atoms with Gasteiger partial charge in [-0.1, -0.05) is 55.5 Å². The monoisotopic (exact) mass is 529 g/mol. The second-order valence-electron chi connectivity index (χ2n) is 9.76. The van der Waals surface area contributed by atoms with Gasteiger partial charge in [-0.3, -0.25) is 9.59 Å². The summed E-state index contributed by atoms with van der Waals surface area (Å²) in [5.74, 6) is 1.22. The normalized spacial score (nSPS) is 11.8. The van der Waals surface area contributed by atoms with Gasteiger partial charge < -0.3 is 19.7 Å². The lowest BCUT2D eigenvalue weighted by Gasteiger charge is -2.32. The zero-order valence-corrected chi connectivity index (χ0v) is 22.8. The van der Waals surface area contributed by atoms with E-state index in [9.17, 15) is 9.59 Å². The highest BCUT2D eigenvalue weighted by atomic mass is 16.5. The summed E-state index contributed by atoms with van der Waals surface area (Å²) in [4.78, 5) is 29.4. The Morgan fingerprint density at radius 2 is 1.69 bits per heavy atom. The molecule has 4 aromatic rings. The Balaban J connectivity index is 1.73. The van der Waals surface area contributed by atoms with Gasteiger partial charge in [0.25, 0.3) is 0 Å². The van der Waals surface area contributed by atoms with E-state index >= 15 is 0 Å². The summed E-state index contributed by atoms with van der Waals surface area (Å²) < 4.78 is 12.3. The van der Waals surface area contributed by atoms with Crippen molar-refractivity contribution in [2.24, 2.45) is 5.92 Å². The Hall–Kier alpha value is -4.40. The number of hydrogen-bond donors (Lipinski definition) is 1. The number of nitrogens with one attached hydrogen (secondary N) is 1. The predicted octanol–water partition coefficient (Wildman–Crippen LogP) is 4.38. The van der Waals surface area contributed by atoms with Gasteiger partial charge in [0, 0.05) is 13.1 Å². The van der Waals surface area contributed by atoms with Crippen LogP contribution in [0.3, 0.4) is 0 Å². The summed E-state index contributed by atoms with van der Waals surface area (Å²) in [6.07, 6.45) is 0.827. The van der Waals surface area contributed by atoms with Crippen molar-refractivity contribution in [3.63, 3.8) is 0 Å². The van der Waals surface area contributed by atoms with Crippen LogP contribution in [0.25, 0.3) is 11.0 Å². The standard InChI is InChI=1S/C30H35N5O4/c1-21(2)16-17-31-30(37)29(23-8-7-9-25(18-23)39-4)34(19-22-12-14-24(38-3)15-13-22)28(36)20-35-27-11-6-5-10-26(27)32-33-35/h5-15,18,21,29H,16-17,19-20H2,1-4H3,(H,31,37)/t29-/m1/s1. The molecule has 1 N–H and O–H groups in total. The molecule has 0 radical (unpaired) electrons. The summed E-state index contributed by atoms with van der Waals surface area (Å²) in [6, 6.07) is 21.3. The summed E-state index contributed by atoms with van der Waals surface area (Å²) in [7, 11) is 3.18. The van der Waals surface area contributed by atoms with Crippen LogP contribution in [0.2, 0.25) is 0 Å². The molecular weight excluding hydrogens is 494 g/mol. The molecule has 0 saturated carbocycles. The van der Waals surface area contributed by atoms with E-state index in [4.69, 9.17) is 9.47 Å². The molecule has 0 fully saturated rings. The summed E-state index contributed by atoms with van der Waals surface area (Å²) in [5, 5.41) is 11.4. The van der Waals surface area contributed by atoms with Crippen molar-refractivity contribution in [2.75, 3.05) is 20.8 Å². The second kappa shape index (κ2) is 12.9. The zero-order valence-electron chi connectivity index (χ0n) is 22.8. The number of nitrogens with zero attached hydrogens (tertiary/aromatic N) is 4. The van der Waals surface area contributed by atoms with Gasteiger partial charge in [0.05, 0.1) is 19.7 Å². The maximum absolute atomic E-state index is 14.0. The second-order valence-corrected chi connectivity index (χ2v) is 9.76. The average Bonchev–Trinajstić information content (AvgIpc) is 3.35. The number of carbonyl (C=O) groups excluding carboxylic acids is 2. The van der Waals surface area contributed by atoms with E-state index in [2.05, 4.69) is 29.5 Å². The van der Waals surface area contributed by atoms with Crippen LogP contribution in [0.5, 0.6) is 11.5 Å². The molecular formula is C30H35N5O4. The molecule has 0 spiro atoms. The Morgan fingerprint density at radius 1 is 0.949 bits per heavy atom. The van der Waals surface area contributed by atoms with Crippen LogP contribution >= 0.6 is 0 Å². The number of benzene rings is 3. The lowest BCUT2D eigenvalue weighted by molar-refractivity contribution is -0.142. The first-order valence-corrected chi connectivity index (χ1v) is 13.0. The van der Waals surface area contributed by atoms with Crippen LogP contribution in [-0.2, 0) is 22.7 Å². The summed E-state index contributed by atoms with van der Waals surface area (Å²) in [5.41, 5.74) is 2.95. The number of methoxy groups -OCH3 is 2. The van der Waals surface area contributed by atoms with Crippen molar-refractivity contribution < 1.29 is 19.1 Å². The van der Waals surface area contributed by atoms with Crippen molar-refractivity contribution in [2.45, 2.75) is 39.4 Å². The number of hydrogen-bond acceptors (Lipinski definition) is 6. The minimum Gasteiger partial charge on any atom is -0.497 e. The first kappa shape index (κ1) is 27.6. The van der Waals surface area contributed by atoms with Crippen LogP contribution in [-0.4, -0.2) is 52.5 Å². The SMILES string of the molecule is COc1ccc(CN(C(=O)Cn2nnc3ccccc32)[C@@H](C(=O)NCCC(C)C)c2cccc(OC)c2)cc1. The molecule has 9 heteroatoms. The van der Waals surface area contributed by atoms with Crippen molar-refractivity contribution in [3.05, 3.63) is 83.9 Å². The maximum Gasteiger partial charge on any atom is 0.247 e. The number of aromatic nitrogens is 3. The average molecular weight is 530 g/mol. The number of ether oxygens (including phenoxy) is 2. The fourth-order valence-corrected chi connectivity index (χ4v) is 4.37. The van der Waals surface area contributed by atoms with Gasteiger partial charge in [0.1, 0.15) is 29.6 Å². The van der Waals surface area contributed by atoms with Crippen molar-refractivity contribution in [1.82, 2.24) is 25.2 Å². The van der Waals surface area contributed by atoms with E-state index in [1.165, 1.54) is 0 Å². The highest BCUT2D eigenvalue weighted by Crippen LogP contribution is 2.28. The number of carbonyl (C=O) groups is 2. The molecule has 39 heavy (non-hydrogen) atoms. The number of rotatable bonds is 12. The minimum absolute atomic E-state index is 0.0730. The zero-order chi connectivity index (χ0) is 27.8. The van der Waals surface area contributed by atoms with Crippen LogP contribution in [0, 0.1) is 5.92 Å². The van der Waals surface area contributed by atoms with Gasteiger partial charge in [-0.2, -0.15) is 0 Å². The van der Waals surface area contributed by atoms with Crippen LogP contribution in [0.15, 0.2) is 72.8 Å². The van der Waals surface area contributed by atoms with Gasteiger partial charge in [0.15, 0.2) is 0 Å². The van der Waals surface area contributed by atoms with Crippen LogP contribution < -0.4 is 14.8 Å². The first-order chi connectivity index (χ1) is 18.9. The third-order valence-electron chi connectivity index (χ3n) is 6.53. The van der Waals surface area contributed by atoms with Gasteiger partial charge in [-0.25, -0.2) is 4.68 Å². The molecule has 1 atom stereocenters. The van der Waals surface area contributed by atoms with Crippen LogP contribution in [0.1, 0.15) is 37.4 Å².